The number of thiazole rings is 1. The lowest BCUT2D eigenvalue weighted by Gasteiger charge is -2.08. The molecule has 0 atom stereocenters. The number of para-hydroxylation sites is 1. The number of fused-ring (bicyclic) bond motifs is 1. The van der Waals surface area contributed by atoms with Gasteiger partial charge in [0.25, 0.3) is 0 Å². The number of benzene rings is 2. The number of rotatable bonds is 7. The van der Waals surface area contributed by atoms with Gasteiger partial charge in [0.05, 0.1) is 10.6 Å². The van der Waals surface area contributed by atoms with Gasteiger partial charge in [-0.1, -0.05) is 18.2 Å². The molecule has 2 aromatic carbocycles. The van der Waals surface area contributed by atoms with Crippen LogP contribution in [0.25, 0.3) is 4.96 Å². The molecule has 0 aliphatic heterocycles. The van der Waals surface area contributed by atoms with Gasteiger partial charge in [-0.05, 0) is 36.4 Å². The minimum absolute atomic E-state index is 0.194. The molecule has 0 aliphatic rings. The molecule has 4 aromatic rings. The van der Waals surface area contributed by atoms with Crippen molar-refractivity contribution in [2.24, 2.45) is 0 Å². The molecule has 0 saturated heterocycles. The third kappa shape index (κ3) is 4.00. The van der Waals surface area contributed by atoms with Gasteiger partial charge in [0.1, 0.15) is 17.8 Å². The van der Waals surface area contributed by atoms with Gasteiger partial charge in [-0.3, -0.25) is 0 Å². The minimum Gasteiger partial charge on any atom is -0.457 e. The Kier molecular flexibility index (Phi) is 4.88. The van der Waals surface area contributed by atoms with E-state index in [0.717, 1.165) is 10.7 Å². The zero-order chi connectivity index (χ0) is 18.7. The number of nitrogens with one attached hydrogen (secondary N) is 1. The van der Waals surface area contributed by atoms with Crippen LogP contribution in [0.4, 0.5) is 0 Å². The minimum atomic E-state index is -3.59. The van der Waals surface area contributed by atoms with Crippen molar-refractivity contribution in [2.75, 3.05) is 6.54 Å². The Hall–Kier alpha value is -2.75. The summed E-state index contributed by atoms with van der Waals surface area (Å²) in [4.78, 5) is 5.09. The summed E-state index contributed by atoms with van der Waals surface area (Å²) in [6.45, 7) is 0.274. The maximum absolute atomic E-state index is 12.5. The molecular weight excluding hydrogens is 384 g/mol. The largest absolute Gasteiger partial charge is 0.457 e. The average molecular weight is 400 g/mol. The lowest BCUT2D eigenvalue weighted by molar-refractivity contribution is 0.482. The van der Waals surface area contributed by atoms with Crippen LogP contribution in [0.15, 0.2) is 71.2 Å². The van der Waals surface area contributed by atoms with E-state index in [4.69, 9.17) is 4.74 Å². The Morgan fingerprint density at radius 3 is 2.56 bits per heavy atom. The molecule has 4 rings (SSSR count). The Bertz CT molecular complexity index is 1140. The van der Waals surface area contributed by atoms with E-state index in [0.29, 0.717) is 17.9 Å². The van der Waals surface area contributed by atoms with Crippen LogP contribution in [0, 0.1) is 0 Å². The Morgan fingerprint density at radius 2 is 1.78 bits per heavy atom. The van der Waals surface area contributed by atoms with Crippen molar-refractivity contribution in [1.29, 1.82) is 0 Å². The zero-order valence-electron chi connectivity index (χ0n) is 14.1. The van der Waals surface area contributed by atoms with Crippen LogP contribution in [0.5, 0.6) is 11.5 Å². The fourth-order valence-corrected chi connectivity index (χ4v) is 4.42. The molecule has 7 nitrogen and oxygen atoms in total. The molecule has 0 amide bonds. The molecule has 0 fully saturated rings. The van der Waals surface area contributed by atoms with Crippen LogP contribution in [-0.2, 0) is 16.4 Å². The van der Waals surface area contributed by atoms with Crippen molar-refractivity contribution in [3.63, 3.8) is 0 Å². The maximum atomic E-state index is 12.5. The second-order valence-corrected chi connectivity index (χ2v) is 8.32. The molecule has 0 saturated carbocycles. The molecule has 2 aromatic heterocycles. The highest BCUT2D eigenvalue weighted by atomic mass is 32.2. The van der Waals surface area contributed by atoms with Crippen LogP contribution in [0.2, 0.25) is 0 Å². The van der Waals surface area contributed by atoms with Crippen LogP contribution >= 0.6 is 11.3 Å². The van der Waals surface area contributed by atoms with Crippen molar-refractivity contribution in [2.45, 2.75) is 11.3 Å². The molecule has 138 valence electrons. The maximum Gasteiger partial charge on any atom is 0.240 e. The third-order valence-electron chi connectivity index (χ3n) is 3.88. The van der Waals surface area contributed by atoms with Crippen molar-refractivity contribution in [1.82, 2.24) is 19.3 Å². The number of ether oxygens (including phenoxy) is 1. The van der Waals surface area contributed by atoms with E-state index in [1.807, 2.05) is 35.7 Å². The highest BCUT2D eigenvalue weighted by Gasteiger charge is 2.14. The molecule has 0 aliphatic carbocycles. The van der Waals surface area contributed by atoms with Gasteiger partial charge < -0.3 is 4.74 Å². The summed E-state index contributed by atoms with van der Waals surface area (Å²) >= 11 is 1.48. The van der Waals surface area contributed by atoms with Gasteiger partial charge in [-0.15, -0.1) is 11.3 Å². The van der Waals surface area contributed by atoms with Crippen molar-refractivity contribution < 1.29 is 13.2 Å². The monoisotopic (exact) mass is 400 g/mol. The number of nitrogens with zero attached hydrogens (tertiary/aromatic N) is 3. The zero-order valence-corrected chi connectivity index (χ0v) is 15.8. The highest BCUT2D eigenvalue weighted by molar-refractivity contribution is 7.89. The molecule has 2 heterocycles. The molecule has 0 radical (unpaired) electrons. The lowest BCUT2D eigenvalue weighted by atomic mass is 10.3. The van der Waals surface area contributed by atoms with E-state index >= 15 is 0 Å². The van der Waals surface area contributed by atoms with Crippen LogP contribution < -0.4 is 9.46 Å². The molecular formula is C18H16N4O3S2. The lowest BCUT2D eigenvalue weighted by Crippen LogP contribution is -2.26. The Morgan fingerprint density at radius 1 is 1.04 bits per heavy atom. The summed E-state index contributed by atoms with van der Waals surface area (Å²) in [5.74, 6) is 1.27. The molecule has 1 N–H and O–H groups in total. The van der Waals surface area contributed by atoms with E-state index in [2.05, 4.69) is 14.8 Å². The quantitative estimate of drug-likeness (QED) is 0.515. The second kappa shape index (κ2) is 7.47. The molecule has 0 bridgehead atoms. The van der Waals surface area contributed by atoms with Crippen molar-refractivity contribution >= 4 is 26.3 Å². The topological polar surface area (TPSA) is 85.6 Å². The SMILES string of the molecule is O=S(=O)(NCCc1csc2ncnn12)c1ccc(Oc2ccccc2)cc1. The normalized spacial score (nSPS) is 11.7. The molecule has 0 spiro atoms. The highest BCUT2D eigenvalue weighted by Crippen LogP contribution is 2.22. The first-order valence-electron chi connectivity index (χ1n) is 8.20. The van der Waals surface area contributed by atoms with Gasteiger partial charge in [0.2, 0.25) is 15.0 Å². The van der Waals surface area contributed by atoms with Crippen molar-refractivity contribution in [3.05, 3.63) is 72.0 Å². The third-order valence-corrected chi connectivity index (χ3v) is 6.23. The van der Waals surface area contributed by atoms with E-state index < -0.39 is 10.0 Å². The predicted molar refractivity (Wildman–Crippen MR) is 103 cm³/mol. The smallest absolute Gasteiger partial charge is 0.240 e. The summed E-state index contributed by atoms with van der Waals surface area (Å²) in [6.07, 6.45) is 2.01. The number of sulfonamides is 1. The standard InChI is InChI=1S/C18H16N4O3S2/c23-27(24,21-11-10-14-12-26-18-19-13-20-22(14)18)17-8-6-16(7-9-17)25-15-4-2-1-3-5-15/h1-9,12-13,21H,10-11H2. The van der Waals surface area contributed by atoms with E-state index in [-0.39, 0.29) is 11.4 Å². The predicted octanol–water partition coefficient (Wildman–Crippen LogP) is 3.10. The summed E-state index contributed by atoms with van der Waals surface area (Å²) in [5, 5.41) is 6.05. The van der Waals surface area contributed by atoms with Gasteiger partial charge in [0.15, 0.2) is 0 Å². The van der Waals surface area contributed by atoms with Gasteiger partial charge in [-0.25, -0.2) is 22.6 Å². The van der Waals surface area contributed by atoms with Gasteiger partial charge in [0, 0.05) is 18.3 Å². The van der Waals surface area contributed by atoms with E-state index in [9.17, 15) is 8.42 Å². The van der Waals surface area contributed by atoms with Crippen LogP contribution in [0.1, 0.15) is 5.69 Å². The Balaban J connectivity index is 1.38. The number of aromatic nitrogens is 3. The molecule has 27 heavy (non-hydrogen) atoms. The van der Waals surface area contributed by atoms with Gasteiger partial charge >= 0.3 is 0 Å². The summed E-state index contributed by atoms with van der Waals surface area (Å²) < 4.78 is 34.9. The first kappa shape index (κ1) is 17.7. The molecule has 9 heteroatoms. The summed E-state index contributed by atoms with van der Waals surface area (Å²) in [6, 6.07) is 15.7. The fraction of sp³-hybridized carbons (Fsp3) is 0.111. The average Bonchev–Trinajstić information content (AvgIpc) is 3.28. The Labute approximate surface area is 160 Å². The van der Waals surface area contributed by atoms with Gasteiger partial charge in [-0.2, -0.15) is 5.10 Å². The number of hydrogen-bond donors (Lipinski definition) is 1. The molecule has 0 unspecified atom stereocenters. The summed E-state index contributed by atoms with van der Waals surface area (Å²) in [7, 11) is -3.59. The summed E-state index contributed by atoms with van der Waals surface area (Å²) in [5.41, 5.74) is 0.918. The fourth-order valence-electron chi connectivity index (χ4n) is 2.55. The first-order chi connectivity index (χ1) is 13.1. The van der Waals surface area contributed by atoms with Crippen LogP contribution in [0.3, 0.4) is 0 Å². The second-order valence-electron chi connectivity index (χ2n) is 5.72. The van der Waals surface area contributed by atoms with Crippen LogP contribution in [-0.4, -0.2) is 29.6 Å². The van der Waals surface area contributed by atoms with E-state index in [1.54, 1.807) is 16.6 Å². The van der Waals surface area contributed by atoms with E-state index in [1.165, 1.54) is 29.8 Å². The first-order valence-corrected chi connectivity index (χ1v) is 10.6. The van der Waals surface area contributed by atoms with Crippen molar-refractivity contribution in [3.8, 4) is 11.5 Å². The number of hydrogen-bond acceptors (Lipinski definition) is 6.